The fourth-order valence-corrected chi connectivity index (χ4v) is 3.96. The predicted octanol–water partition coefficient (Wildman–Crippen LogP) is 4.05. The number of nitro groups is 1. The van der Waals surface area contributed by atoms with E-state index in [4.69, 9.17) is 0 Å². The molecule has 6 nitrogen and oxygen atoms in total. The zero-order chi connectivity index (χ0) is 20.6. The average molecular weight is 402 g/mol. The molecule has 0 saturated heterocycles. The van der Waals surface area contributed by atoms with Gasteiger partial charge in [-0.3, -0.25) is 10.1 Å². The predicted molar refractivity (Wildman–Crippen MR) is 92.7 cm³/mol. The van der Waals surface area contributed by atoms with Crippen molar-refractivity contribution in [2.75, 3.05) is 7.05 Å². The number of rotatable bonds is 5. The molecule has 0 heterocycles. The Morgan fingerprint density at radius 3 is 2.15 bits per heavy atom. The molecule has 0 amide bonds. The highest BCUT2D eigenvalue weighted by molar-refractivity contribution is 7.89. The van der Waals surface area contributed by atoms with Crippen LogP contribution in [0.3, 0.4) is 0 Å². The Bertz CT molecular complexity index is 971. The van der Waals surface area contributed by atoms with Gasteiger partial charge in [-0.2, -0.15) is 17.5 Å². The first-order valence-corrected chi connectivity index (χ1v) is 9.16. The monoisotopic (exact) mass is 402 g/mol. The van der Waals surface area contributed by atoms with Crippen molar-refractivity contribution in [3.05, 3.63) is 68.8 Å². The van der Waals surface area contributed by atoms with Crippen molar-refractivity contribution in [1.29, 1.82) is 0 Å². The number of benzene rings is 2. The number of non-ortho nitro benzene ring substituents is 1. The van der Waals surface area contributed by atoms with E-state index in [2.05, 4.69) is 0 Å². The number of sulfonamides is 1. The molecule has 0 N–H and O–H groups in total. The number of alkyl halides is 3. The highest BCUT2D eigenvalue weighted by atomic mass is 32.2. The lowest BCUT2D eigenvalue weighted by Gasteiger charge is -2.19. The SMILES string of the molecule is Cc1cc([N+](=O)[O-])cc(S(=O)(=O)N(C)Cc2ccc(C(F)(F)F)cc2)c1C. The third kappa shape index (κ3) is 4.45. The van der Waals surface area contributed by atoms with Gasteiger partial charge in [0.15, 0.2) is 0 Å². The Labute approximate surface area is 154 Å². The van der Waals surface area contributed by atoms with E-state index in [1.807, 2.05) is 0 Å². The summed E-state index contributed by atoms with van der Waals surface area (Å²) in [6, 6.07) is 6.41. The van der Waals surface area contributed by atoms with Gasteiger partial charge >= 0.3 is 6.18 Å². The van der Waals surface area contributed by atoms with Crippen LogP contribution in [0.4, 0.5) is 18.9 Å². The zero-order valence-electron chi connectivity index (χ0n) is 14.7. The highest BCUT2D eigenvalue weighted by Gasteiger charge is 2.30. The highest BCUT2D eigenvalue weighted by Crippen LogP contribution is 2.30. The van der Waals surface area contributed by atoms with Gasteiger partial charge in [0, 0.05) is 25.7 Å². The number of hydrogen-bond donors (Lipinski definition) is 0. The van der Waals surface area contributed by atoms with Crippen LogP contribution in [-0.2, 0) is 22.7 Å². The minimum Gasteiger partial charge on any atom is -0.258 e. The van der Waals surface area contributed by atoms with Crippen LogP contribution in [0, 0.1) is 24.0 Å². The second-order valence-electron chi connectivity index (χ2n) is 6.10. The number of nitro benzene ring substituents is 1. The number of nitrogens with zero attached hydrogens (tertiary/aromatic N) is 2. The largest absolute Gasteiger partial charge is 0.416 e. The Morgan fingerprint density at radius 1 is 1.11 bits per heavy atom. The Hall–Kier alpha value is -2.46. The van der Waals surface area contributed by atoms with Crippen LogP contribution in [0.2, 0.25) is 0 Å². The maximum Gasteiger partial charge on any atom is 0.416 e. The molecule has 0 bridgehead atoms. The molecule has 2 rings (SSSR count). The van der Waals surface area contributed by atoms with Crippen LogP contribution in [0.25, 0.3) is 0 Å². The molecular formula is C17H17F3N2O4S. The van der Waals surface area contributed by atoms with E-state index in [1.165, 1.54) is 32.2 Å². The molecule has 0 aromatic heterocycles. The summed E-state index contributed by atoms with van der Waals surface area (Å²) in [6.07, 6.45) is -4.48. The summed E-state index contributed by atoms with van der Waals surface area (Å²) in [5, 5.41) is 11.0. The third-order valence-electron chi connectivity index (χ3n) is 4.19. The molecule has 0 saturated carbocycles. The van der Waals surface area contributed by atoms with Crippen molar-refractivity contribution >= 4 is 15.7 Å². The van der Waals surface area contributed by atoms with E-state index in [9.17, 15) is 31.7 Å². The van der Waals surface area contributed by atoms with Gasteiger partial charge in [-0.1, -0.05) is 12.1 Å². The standard InChI is InChI=1S/C17H17F3N2O4S/c1-11-8-15(22(23)24)9-16(12(11)2)27(25,26)21(3)10-13-4-6-14(7-5-13)17(18,19)20/h4-9H,10H2,1-3H3. The van der Waals surface area contributed by atoms with Gasteiger partial charge in [0.05, 0.1) is 15.4 Å². The Balaban J connectivity index is 2.35. The fraction of sp³-hybridized carbons (Fsp3) is 0.294. The molecule has 0 spiro atoms. The summed E-state index contributed by atoms with van der Waals surface area (Å²) >= 11 is 0. The lowest BCUT2D eigenvalue weighted by atomic mass is 10.1. The third-order valence-corrected chi connectivity index (χ3v) is 6.12. The first kappa shape index (κ1) is 20.8. The maximum atomic E-state index is 12.8. The van der Waals surface area contributed by atoms with Crippen LogP contribution in [-0.4, -0.2) is 24.7 Å². The number of halogens is 3. The van der Waals surface area contributed by atoms with Crippen LogP contribution < -0.4 is 0 Å². The summed E-state index contributed by atoms with van der Waals surface area (Å²) < 4.78 is 64.5. The molecule has 0 aliphatic heterocycles. The normalized spacial score (nSPS) is 12.4. The van der Waals surface area contributed by atoms with Gasteiger partial charge in [-0.25, -0.2) is 8.42 Å². The van der Waals surface area contributed by atoms with Crippen molar-refractivity contribution in [3.8, 4) is 0 Å². The van der Waals surface area contributed by atoms with Crippen molar-refractivity contribution < 1.29 is 26.5 Å². The van der Waals surface area contributed by atoms with Crippen molar-refractivity contribution in [2.45, 2.75) is 31.5 Å². The van der Waals surface area contributed by atoms with Gasteiger partial charge in [-0.15, -0.1) is 0 Å². The summed E-state index contributed by atoms with van der Waals surface area (Å²) in [7, 11) is -2.81. The number of aryl methyl sites for hydroxylation is 1. The number of hydrogen-bond acceptors (Lipinski definition) is 4. The molecule has 10 heteroatoms. The van der Waals surface area contributed by atoms with E-state index in [1.54, 1.807) is 6.92 Å². The molecule has 0 atom stereocenters. The quantitative estimate of drug-likeness (QED) is 0.558. The van der Waals surface area contributed by atoms with Crippen LogP contribution in [0.5, 0.6) is 0 Å². The van der Waals surface area contributed by atoms with Gasteiger partial charge < -0.3 is 0 Å². The van der Waals surface area contributed by atoms with E-state index in [0.717, 1.165) is 22.5 Å². The van der Waals surface area contributed by atoms with Crippen molar-refractivity contribution in [2.24, 2.45) is 0 Å². The molecular weight excluding hydrogens is 385 g/mol. The minimum atomic E-state index is -4.48. The molecule has 0 radical (unpaired) electrons. The second kappa shape index (κ2) is 7.28. The fourth-order valence-electron chi connectivity index (χ4n) is 2.49. The molecule has 0 fully saturated rings. The van der Waals surface area contributed by atoms with E-state index >= 15 is 0 Å². The van der Waals surface area contributed by atoms with Gasteiger partial charge in [0.1, 0.15) is 0 Å². The van der Waals surface area contributed by atoms with Crippen LogP contribution in [0.15, 0.2) is 41.3 Å². The topological polar surface area (TPSA) is 80.5 Å². The summed E-state index contributed by atoms with van der Waals surface area (Å²) in [4.78, 5) is 10.1. The lowest BCUT2D eigenvalue weighted by Crippen LogP contribution is -2.27. The second-order valence-corrected chi connectivity index (χ2v) is 8.11. The summed E-state index contributed by atoms with van der Waals surface area (Å²) in [5.74, 6) is 0. The first-order valence-electron chi connectivity index (χ1n) is 7.72. The first-order chi connectivity index (χ1) is 12.3. The van der Waals surface area contributed by atoms with Gasteiger partial charge in [-0.05, 0) is 42.7 Å². The van der Waals surface area contributed by atoms with Gasteiger partial charge in [0.25, 0.3) is 5.69 Å². The Kier molecular flexibility index (Phi) is 5.62. The van der Waals surface area contributed by atoms with Gasteiger partial charge in [0.2, 0.25) is 10.0 Å². The molecule has 27 heavy (non-hydrogen) atoms. The van der Waals surface area contributed by atoms with Crippen molar-refractivity contribution in [3.63, 3.8) is 0 Å². The van der Waals surface area contributed by atoms with E-state index in [0.29, 0.717) is 16.7 Å². The minimum absolute atomic E-state index is 0.179. The average Bonchev–Trinajstić information content (AvgIpc) is 2.56. The molecule has 2 aromatic carbocycles. The van der Waals surface area contributed by atoms with E-state index < -0.39 is 26.7 Å². The zero-order valence-corrected chi connectivity index (χ0v) is 15.6. The lowest BCUT2D eigenvalue weighted by molar-refractivity contribution is -0.385. The smallest absolute Gasteiger partial charge is 0.258 e. The van der Waals surface area contributed by atoms with Crippen LogP contribution >= 0.6 is 0 Å². The Morgan fingerprint density at radius 2 is 1.67 bits per heavy atom. The van der Waals surface area contributed by atoms with Crippen LogP contribution in [0.1, 0.15) is 22.3 Å². The molecule has 2 aromatic rings. The molecule has 0 aliphatic rings. The van der Waals surface area contributed by atoms with E-state index in [-0.39, 0.29) is 17.1 Å². The molecule has 146 valence electrons. The summed E-state index contributed by atoms with van der Waals surface area (Å²) in [5.41, 5.74) is 0.000902. The maximum absolute atomic E-state index is 12.8. The molecule has 0 aliphatic carbocycles. The summed E-state index contributed by atoms with van der Waals surface area (Å²) in [6.45, 7) is 2.93. The van der Waals surface area contributed by atoms with Crippen molar-refractivity contribution in [1.82, 2.24) is 4.31 Å². The molecule has 0 unspecified atom stereocenters.